The van der Waals surface area contributed by atoms with Crippen LogP contribution in [0.2, 0.25) is 10.0 Å². The summed E-state index contributed by atoms with van der Waals surface area (Å²) in [7, 11) is 0. The highest BCUT2D eigenvalue weighted by Crippen LogP contribution is 2.40. The predicted octanol–water partition coefficient (Wildman–Crippen LogP) is 5.68. The molecule has 0 unspecified atom stereocenters. The van der Waals surface area contributed by atoms with Crippen LogP contribution in [0.3, 0.4) is 0 Å². The number of halogens is 3. The molecule has 0 atom stereocenters. The third kappa shape index (κ3) is 2.79. The number of fused-ring (bicyclic) bond motifs is 1. The number of nitrogen functional groups attached to an aromatic ring is 1. The molecule has 0 saturated carbocycles. The second-order valence-electron chi connectivity index (χ2n) is 4.36. The first kappa shape index (κ1) is 14.4. The molecule has 0 spiro atoms. The van der Waals surface area contributed by atoms with Gasteiger partial charge in [-0.05, 0) is 34.1 Å². The van der Waals surface area contributed by atoms with E-state index in [1.807, 2.05) is 24.3 Å². The first-order valence-corrected chi connectivity index (χ1v) is 7.57. The normalized spacial score (nSPS) is 10.8. The molecule has 3 nitrogen and oxygen atoms in total. The summed E-state index contributed by atoms with van der Waals surface area (Å²) in [6, 6.07) is 10.9. The molecule has 6 heteroatoms. The lowest BCUT2D eigenvalue weighted by Gasteiger charge is -2.13. The van der Waals surface area contributed by atoms with Crippen molar-refractivity contribution in [3.63, 3.8) is 0 Å². The quantitative estimate of drug-likeness (QED) is 0.579. The summed E-state index contributed by atoms with van der Waals surface area (Å²) < 4.78 is 6.59. The number of ether oxygens (including phenoxy) is 1. The van der Waals surface area contributed by atoms with Gasteiger partial charge in [0.15, 0.2) is 5.75 Å². The Morgan fingerprint density at radius 2 is 1.86 bits per heavy atom. The van der Waals surface area contributed by atoms with Crippen molar-refractivity contribution in [3.8, 4) is 11.5 Å². The number of nitrogens with zero attached hydrogens (tertiary/aromatic N) is 1. The zero-order valence-electron chi connectivity index (χ0n) is 10.6. The number of nitrogens with two attached hydrogens (primary N) is 1. The Bertz CT molecular complexity index is 839. The molecular formula is C15H9BrCl2N2O. The van der Waals surface area contributed by atoms with Crippen molar-refractivity contribution in [2.75, 3.05) is 5.73 Å². The first-order valence-electron chi connectivity index (χ1n) is 6.02. The molecule has 2 aromatic carbocycles. The van der Waals surface area contributed by atoms with E-state index in [9.17, 15) is 0 Å². The molecule has 0 aliphatic carbocycles. The molecule has 2 N–H and O–H groups in total. The van der Waals surface area contributed by atoms with Gasteiger partial charge in [0, 0.05) is 15.9 Å². The molecule has 0 radical (unpaired) electrons. The van der Waals surface area contributed by atoms with E-state index in [2.05, 4.69) is 20.9 Å². The van der Waals surface area contributed by atoms with Crippen molar-refractivity contribution in [3.05, 3.63) is 57.1 Å². The van der Waals surface area contributed by atoms with Crippen molar-refractivity contribution in [2.45, 2.75) is 0 Å². The number of hydrogen-bond acceptors (Lipinski definition) is 3. The molecule has 106 valence electrons. The average molecular weight is 384 g/mol. The second-order valence-corrected chi connectivity index (χ2v) is 6.03. The van der Waals surface area contributed by atoms with Gasteiger partial charge < -0.3 is 10.5 Å². The Kier molecular flexibility index (Phi) is 3.93. The minimum atomic E-state index is 0.434. The molecule has 1 heterocycles. The largest absolute Gasteiger partial charge is 0.453 e. The van der Waals surface area contributed by atoms with E-state index in [-0.39, 0.29) is 0 Å². The molecule has 0 amide bonds. The predicted molar refractivity (Wildman–Crippen MR) is 90.4 cm³/mol. The maximum Gasteiger partial charge on any atom is 0.161 e. The van der Waals surface area contributed by atoms with Gasteiger partial charge in [0.25, 0.3) is 0 Å². The topological polar surface area (TPSA) is 48.1 Å². The summed E-state index contributed by atoms with van der Waals surface area (Å²) in [5, 5.41) is 1.76. The number of aromatic nitrogens is 1. The third-order valence-electron chi connectivity index (χ3n) is 2.94. The second kappa shape index (κ2) is 5.72. The van der Waals surface area contributed by atoms with Crippen molar-refractivity contribution >= 4 is 55.7 Å². The van der Waals surface area contributed by atoms with Crippen LogP contribution in [0.25, 0.3) is 10.9 Å². The number of rotatable bonds is 2. The maximum atomic E-state index is 6.18. The summed E-state index contributed by atoms with van der Waals surface area (Å²) in [6.07, 6.45) is 1.56. The van der Waals surface area contributed by atoms with Gasteiger partial charge in [-0.2, -0.15) is 0 Å². The molecular weight excluding hydrogens is 375 g/mol. The van der Waals surface area contributed by atoms with Gasteiger partial charge in [-0.1, -0.05) is 35.3 Å². The smallest absolute Gasteiger partial charge is 0.161 e. The molecule has 3 rings (SSSR count). The SMILES string of the molecule is Nc1cnc2ccccc2c1Oc1cc(Cl)c(Br)cc1Cl. The van der Waals surface area contributed by atoms with Crippen LogP contribution in [0.4, 0.5) is 5.69 Å². The van der Waals surface area contributed by atoms with E-state index < -0.39 is 0 Å². The summed E-state index contributed by atoms with van der Waals surface area (Å²) >= 11 is 15.6. The van der Waals surface area contributed by atoms with E-state index >= 15 is 0 Å². The molecule has 0 bridgehead atoms. The van der Waals surface area contributed by atoms with Crippen LogP contribution in [0, 0.1) is 0 Å². The van der Waals surface area contributed by atoms with Crippen molar-refractivity contribution < 1.29 is 4.74 Å². The first-order chi connectivity index (χ1) is 10.1. The fourth-order valence-electron chi connectivity index (χ4n) is 1.94. The van der Waals surface area contributed by atoms with Crippen LogP contribution in [0.15, 0.2) is 47.1 Å². The highest BCUT2D eigenvalue weighted by Gasteiger charge is 2.13. The van der Waals surface area contributed by atoms with Crippen LogP contribution in [-0.2, 0) is 0 Å². The summed E-state index contributed by atoms with van der Waals surface area (Å²) in [5.74, 6) is 0.953. The Morgan fingerprint density at radius 1 is 1.10 bits per heavy atom. The van der Waals surface area contributed by atoms with Gasteiger partial charge in [-0.3, -0.25) is 4.98 Å². The molecule has 0 aliphatic heterocycles. The van der Waals surface area contributed by atoms with E-state index in [1.165, 1.54) is 0 Å². The summed E-state index contributed by atoms with van der Waals surface area (Å²) in [6.45, 7) is 0. The average Bonchev–Trinajstić information content (AvgIpc) is 2.47. The summed E-state index contributed by atoms with van der Waals surface area (Å²) in [5.41, 5.74) is 7.21. The monoisotopic (exact) mass is 382 g/mol. The molecule has 3 aromatic rings. The lowest BCUT2D eigenvalue weighted by atomic mass is 10.2. The zero-order chi connectivity index (χ0) is 15.0. The van der Waals surface area contributed by atoms with Crippen LogP contribution >= 0.6 is 39.1 Å². The van der Waals surface area contributed by atoms with Crippen LogP contribution in [-0.4, -0.2) is 4.98 Å². The van der Waals surface area contributed by atoms with Gasteiger partial charge in [-0.15, -0.1) is 0 Å². The lowest BCUT2D eigenvalue weighted by Crippen LogP contribution is -1.95. The number of para-hydroxylation sites is 1. The molecule has 0 saturated heterocycles. The number of benzene rings is 2. The third-order valence-corrected chi connectivity index (χ3v) is 4.43. The van der Waals surface area contributed by atoms with E-state index in [0.29, 0.717) is 31.7 Å². The fourth-order valence-corrected chi connectivity index (χ4v) is 2.77. The lowest BCUT2D eigenvalue weighted by molar-refractivity contribution is 0.490. The molecule has 21 heavy (non-hydrogen) atoms. The fraction of sp³-hybridized carbons (Fsp3) is 0. The maximum absolute atomic E-state index is 6.18. The number of anilines is 1. The van der Waals surface area contributed by atoms with Gasteiger partial charge in [0.1, 0.15) is 5.75 Å². The van der Waals surface area contributed by atoms with Gasteiger partial charge in [-0.25, -0.2) is 0 Å². The van der Waals surface area contributed by atoms with Crippen LogP contribution in [0.1, 0.15) is 0 Å². The van der Waals surface area contributed by atoms with Crippen molar-refractivity contribution in [1.29, 1.82) is 0 Å². The Labute approximate surface area is 139 Å². The zero-order valence-corrected chi connectivity index (χ0v) is 13.7. The molecule has 1 aromatic heterocycles. The minimum Gasteiger partial charge on any atom is -0.453 e. The van der Waals surface area contributed by atoms with Gasteiger partial charge in [0.05, 0.1) is 27.4 Å². The van der Waals surface area contributed by atoms with Crippen molar-refractivity contribution in [1.82, 2.24) is 4.98 Å². The Hall–Kier alpha value is -1.49. The van der Waals surface area contributed by atoms with E-state index in [0.717, 1.165) is 10.9 Å². The Morgan fingerprint density at radius 3 is 2.67 bits per heavy atom. The molecule has 0 fully saturated rings. The summed E-state index contributed by atoms with van der Waals surface area (Å²) in [4.78, 5) is 4.27. The van der Waals surface area contributed by atoms with Gasteiger partial charge in [0.2, 0.25) is 0 Å². The van der Waals surface area contributed by atoms with Crippen LogP contribution in [0.5, 0.6) is 11.5 Å². The van der Waals surface area contributed by atoms with E-state index in [4.69, 9.17) is 33.7 Å². The minimum absolute atomic E-state index is 0.434. The van der Waals surface area contributed by atoms with Crippen LogP contribution < -0.4 is 10.5 Å². The Balaban J connectivity index is 2.14. The van der Waals surface area contributed by atoms with Gasteiger partial charge >= 0.3 is 0 Å². The standard InChI is InChI=1S/C15H9BrCl2N2O/c16-9-5-11(18)14(6-10(9)17)21-15-8-3-1-2-4-13(8)20-7-12(15)19/h1-7H,19H2. The number of hydrogen-bond donors (Lipinski definition) is 1. The number of pyridine rings is 1. The van der Waals surface area contributed by atoms with Crippen molar-refractivity contribution in [2.24, 2.45) is 0 Å². The molecule has 0 aliphatic rings. The highest BCUT2D eigenvalue weighted by atomic mass is 79.9. The van der Waals surface area contributed by atoms with E-state index in [1.54, 1.807) is 18.3 Å². The highest BCUT2D eigenvalue weighted by molar-refractivity contribution is 9.10.